The van der Waals surface area contributed by atoms with Gasteiger partial charge in [0, 0.05) is 31.8 Å². The number of carboxylic acid groups (broad SMARTS) is 1. The zero-order valence-electron chi connectivity index (χ0n) is 18.0. The van der Waals surface area contributed by atoms with Crippen molar-refractivity contribution in [1.82, 2.24) is 19.7 Å². The number of aromatic nitrogens is 4. The van der Waals surface area contributed by atoms with Crippen molar-refractivity contribution in [3.63, 3.8) is 0 Å². The highest BCUT2D eigenvalue weighted by Gasteiger charge is 2.14. The number of aromatic carboxylic acids is 1. The second-order valence-electron chi connectivity index (χ2n) is 8.07. The third kappa shape index (κ3) is 5.53. The minimum absolute atomic E-state index is 0.208. The summed E-state index contributed by atoms with van der Waals surface area (Å²) in [7, 11) is 0. The first-order chi connectivity index (χ1) is 14.5. The molecule has 0 saturated heterocycles. The van der Waals surface area contributed by atoms with Gasteiger partial charge in [-0.05, 0) is 35.1 Å². The maximum Gasteiger partial charge on any atom is 0.337 e. The lowest BCUT2D eigenvalue weighted by Gasteiger charge is -2.08. The fourth-order valence-corrected chi connectivity index (χ4v) is 3.50. The number of nitrogens with zero attached hydrogens (tertiary/aromatic N) is 4. The Hall–Kier alpha value is -3.02. The van der Waals surface area contributed by atoms with Crippen molar-refractivity contribution >= 4 is 5.97 Å². The highest BCUT2D eigenvalue weighted by atomic mass is 16.4. The van der Waals surface area contributed by atoms with E-state index in [9.17, 15) is 9.90 Å². The molecule has 3 aromatic rings. The van der Waals surface area contributed by atoms with Crippen LogP contribution in [0.4, 0.5) is 0 Å². The van der Waals surface area contributed by atoms with Gasteiger partial charge in [-0.1, -0.05) is 57.9 Å². The van der Waals surface area contributed by atoms with E-state index in [0.717, 1.165) is 42.2 Å². The first kappa shape index (κ1) is 21.7. The van der Waals surface area contributed by atoms with Crippen LogP contribution >= 0.6 is 0 Å². The molecule has 0 unspecified atom stereocenters. The average Bonchev–Trinajstić information content (AvgIpc) is 3.09. The van der Waals surface area contributed by atoms with Crippen molar-refractivity contribution in [1.29, 1.82) is 0 Å². The summed E-state index contributed by atoms with van der Waals surface area (Å²) in [6, 6.07) is 9.73. The second-order valence-corrected chi connectivity index (χ2v) is 8.07. The van der Waals surface area contributed by atoms with Crippen LogP contribution in [0.25, 0.3) is 11.1 Å². The quantitative estimate of drug-likeness (QED) is 0.478. The molecule has 6 heteroatoms. The van der Waals surface area contributed by atoms with Gasteiger partial charge in [0.05, 0.1) is 5.56 Å². The van der Waals surface area contributed by atoms with Crippen LogP contribution in [0.3, 0.4) is 0 Å². The lowest BCUT2D eigenvalue weighted by Crippen LogP contribution is -2.07. The number of carboxylic acids is 1. The number of rotatable bonds is 10. The van der Waals surface area contributed by atoms with E-state index in [0.29, 0.717) is 17.9 Å². The number of carbonyl (C=O) groups is 1. The third-order valence-electron chi connectivity index (χ3n) is 5.04. The van der Waals surface area contributed by atoms with Gasteiger partial charge in [0.1, 0.15) is 5.82 Å². The van der Waals surface area contributed by atoms with E-state index in [-0.39, 0.29) is 5.56 Å². The molecule has 30 heavy (non-hydrogen) atoms. The van der Waals surface area contributed by atoms with Gasteiger partial charge in [0.2, 0.25) is 0 Å². The standard InChI is InChI=1S/C24H30N4O2/c1-4-5-6-13-28-23(26-22(27-28)14-17(2)3)15-18-7-9-19(10-8-18)20-11-12-25-16-21(20)24(29)30/h7-12,16-17H,4-6,13-15H2,1-3H3,(H,29,30). The summed E-state index contributed by atoms with van der Waals surface area (Å²) in [5.41, 5.74) is 2.87. The summed E-state index contributed by atoms with van der Waals surface area (Å²) in [6.45, 7) is 7.46. The highest BCUT2D eigenvalue weighted by molar-refractivity contribution is 5.95. The Morgan fingerprint density at radius 2 is 1.90 bits per heavy atom. The van der Waals surface area contributed by atoms with Gasteiger partial charge in [-0.25, -0.2) is 14.5 Å². The van der Waals surface area contributed by atoms with Crippen LogP contribution in [0.1, 0.15) is 67.6 Å². The Labute approximate surface area is 178 Å². The predicted molar refractivity (Wildman–Crippen MR) is 118 cm³/mol. The van der Waals surface area contributed by atoms with Gasteiger partial charge in [-0.3, -0.25) is 4.98 Å². The molecular formula is C24H30N4O2. The van der Waals surface area contributed by atoms with Gasteiger partial charge in [0.25, 0.3) is 0 Å². The SMILES string of the molecule is CCCCCn1nc(CC(C)C)nc1Cc1ccc(-c2ccncc2C(=O)O)cc1. The molecule has 0 saturated carbocycles. The van der Waals surface area contributed by atoms with E-state index < -0.39 is 5.97 Å². The molecule has 2 aromatic heterocycles. The molecule has 1 aromatic carbocycles. The zero-order chi connectivity index (χ0) is 21.5. The maximum atomic E-state index is 11.5. The Morgan fingerprint density at radius 3 is 2.57 bits per heavy atom. The number of aryl methyl sites for hydroxylation is 1. The van der Waals surface area contributed by atoms with Crippen LogP contribution in [0, 0.1) is 5.92 Å². The van der Waals surface area contributed by atoms with Crippen LogP contribution in [-0.4, -0.2) is 30.8 Å². The first-order valence-electron chi connectivity index (χ1n) is 10.7. The van der Waals surface area contributed by atoms with E-state index in [1.807, 2.05) is 24.3 Å². The van der Waals surface area contributed by atoms with Crippen LogP contribution in [0.5, 0.6) is 0 Å². The molecule has 6 nitrogen and oxygen atoms in total. The second kappa shape index (κ2) is 10.1. The lowest BCUT2D eigenvalue weighted by molar-refractivity contribution is 0.0697. The maximum absolute atomic E-state index is 11.5. The number of unbranched alkanes of at least 4 members (excludes halogenated alkanes) is 2. The molecule has 0 fully saturated rings. The van der Waals surface area contributed by atoms with Crippen LogP contribution < -0.4 is 0 Å². The van der Waals surface area contributed by atoms with Crippen LogP contribution in [-0.2, 0) is 19.4 Å². The third-order valence-corrected chi connectivity index (χ3v) is 5.04. The smallest absolute Gasteiger partial charge is 0.337 e. The van der Waals surface area contributed by atoms with E-state index in [2.05, 4.69) is 30.4 Å². The van der Waals surface area contributed by atoms with Crippen LogP contribution in [0.15, 0.2) is 42.7 Å². The van der Waals surface area contributed by atoms with Gasteiger partial charge in [-0.2, -0.15) is 5.10 Å². The molecule has 0 atom stereocenters. The average molecular weight is 407 g/mol. The first-order valence-corrected chi connectivity index (χ1v) is 10.7. The zero-order valence-corrected chi connectivity index (χ0v) is 18.0. The fraction of sp³-hybridized carbons (Fsp3) is 0.417. The van der Waals surface area contributed by atoms with Crippen molar-refractivity contribution in [2.24, 2.45) is 5.92 Å². The molecule has 1 N–H and O–H groups in total. The van der Waals surface area contributed by atoms with E-state index in [4.69, 9.17) is 10.1 Å². The minimum atomic E-state index is -0.972. The molecule has 0 spiro atoms. The summed E-state index contributed by atoms with van der Waals surface area (Å²) in [6.07, 6.45) is 8.06. The molecule has 0 aliphatic rings. The molecule has 0 bridgehead atoms. The molecule has 0 amide bonds. The van der Waals surface area contributed by atoms with E-state index >= 15 is 0 Å². The van der Waals surface area contributed by atoms with Gasteiger partial charge >= 0.3 is 5.97 Å². The van der Waals surface area contributed by atoms with Crippen molar-refractivity contribution in [3.05, 3.63) is 65.5 Å². The number of hydrogen-bond acceptors (Lipinski definition) is 4. The molecule has 0 aliphatic heterocycles. The number of benzene rings is 1. The largest absolute Gasteiger partial charge is 0.478 e. The normalized spacial score (nSPS) is 11.2. The molecule has 158 valence electrons. The topological polar surface area (TPSA) is 80.9 Å². The van der Waals surface area contributed by atoms with Gasteiger partial charge < -0.3 is 5.11 Å². The lowest BCUT2D eigenvalue weighted by atomic mass is 10.00. The van der Waals surface area contributed by atoms with Gasteiger partial charge in [0.15, 0.2) is 5.82 Å². The summed E-state index contributed by atoms with van der Waals surface area (Å²) in [5.74, 6) is 1.45. The van der Waals surface area contributed by atoms with Crippen LogP contribution in [0.2, 0.25) is 0 Å². The van der Waals surface area contributed by atoms with Crippen molar-refractivity contribution in [2.75, 3.05) is 0 Å². The Balaban J connectivity index is 1.81. The molecule has 0 radical (unpaired) electrons. The highest BCUT2D eigenvalue weighted by Crippen LogP contribution is 2.24. The summed E-state index contributed by atoms with van der Waals surface area (Å²) in [5, 5.41) is 14.2. The van der Waals surface area contributed by atoms with Crippen molar-refractivity contribution < 1.29 is 9.90 Å². The Morgan fingerprint density at radius 1 is 1.13 bits per heavy atom. The minimum Gasteiger partial charge on any atom is -0.478 e. The van der Waals surface area contributed by atoms with Gasteiger partial charge in [-0.15, -0.1) is 0 Å². The van der Waals surface area contributed by atoms with E-state index in [1.165, 1.54) is 19.0 Å². The summed E-state index contributed by atoms with van der Waals surface area (Å²) >= 11 is 0. The molecular weight excluding hydrogens is 376 g/mol. The fourth-order valence-electron chi connectivity index (χ4n) is 3.50. The summed E-state index contributed by atoms with van der Waals surface area (Å²) < 4.78 is 2.06. The monoisotopic (exact) mass is 406 g/mol. The molecule has 2 heterocycles. The predicted octanol–water partition coefficient (Wildman–Crippen LogP) is 5.02. The number of hydrogen-bond donors (Lipinski definition) is 1. The van der Waals surface area contributed by atoms with Crippen molar-refractivity contribution in [3.8, 4) is 11.1 Å². The Bertz CT molecular complexity index is 977. The van der Waals surface area contributed by atoms with E-state index in [1.54, 1.807) is 12.3 Å². The number of pyridine rings is 1. The molecule has 0 aliphatic carbocycles. The Kier molecular flexibility index (Phi) is 7.33. The van der Waals surface area contributed by atoms with Crippen molar-refractivity contribution in [2.45, 2.75) is 59.4 Å². The molecule has 3 rings (SSSR count). The summed E-state index contributed by atoms with van der Waals surface area (Å²) in [4.78, 5) is 20.2.